The molecule has 5 heteroatoms. The van der Waals surface area contributed by atoms with E-state index in [1.165, 1.54) is 5.56 Å². The normalized spacial score (nSPS) is 14.6. The average Bonchev–Trinajstić information content (AvgIpc) is 2.70. The van der Waals surface area contributed by atoms with Crippen molar-refractivity contribution in [1.82, 2.24) is 4.90 Å². The number of nitrogens with zero attached hydrogens (tertiary/aromatic N) is 1. The maximum atomic E-state index is 13.3. The Kier molecular flexibility index (Phi) is 6.32. The predicted molar refractivity (Wildman–Crippen MR) is 110 cm³/mol. The summed E-state index contributed by atoms with van der Waals surface area (Å²) < 4.78 is 10.8. The van der Waals surface area contributed by atoms with Crippen molar-refractivity contribution in [2.24, 2.45) is 5.92 Å². The standard InChI is InChI=1S/C22H27NO3S/c1-15(2)21(27-18-8-6-5-7-9-18)22(24)23-11-10-16-12-19(25-3)20(26-4)13-17(16)14-23/h5-9,12-13,15,21H,10-11,14H2,1-4H3. The third-order valence-electron chi connectivity index (χ3n) is 4.88. The van der Waals surface area contributed by atoms with Crippen molar-refractivity contribution in [1.29, 1.82) is 0 Å². The summed E-state index contributed by atoms with van der Waals surface area (Å²) in [5, 5.41) is -0.0888. The Morgan fingerprint density at radius 1 is 1.04 bits per heavy atom. The van der Waals surface area contributed by atoms with E-state index in [9.17, 15) is 4.79 Å². The molecule has 0 N–H and O–H groups in total. The van der Waals surface area contributed by atoms with Crippen molar-refractivity contribution in [2.45, 2.75) is 37.0 Å². The Balaban J connectivity index is 1.79. The van der Waals surface area contributed by atoms with E-state index < -0.39 is 0 Å². The molecule has 4 nitrogen and oxygen atoms in total. The van der Waals surface area contributed by atoms with Gasteiger partial charge in [-0.15, -0.1) is 11.8 Å². The van der Waals surface area contributed by atoms with E-state index in [1.807, 2.05) is 35.2 Å². The number of fused-ring (bicyclic) bond motifs is 1. The summed E-state index contributed by atoms with van der Waals surface area (Å²) >= 11 is 1.66. The number of carbonyl (C=O) groups is 1. The molecule has 1 aliphatic rings. The van der Waals surface area contributed by atoms with E-state index >= 15 is 0 Å². The second kappa shape index (κ2) is 8.70. The van der Waals surface area contributed by atoms with Crippen LogP contribution in [-0.2, 0) is 17.8 Å². The molecule has 0 bridgehead atoms. The van der Waals surface area contributed by atoms with Crippen LogP contribution < -0.4 is 9.47 Å². The first-order valence-electron chi connectivity index (χ1n) is 9.27. The number of methoxy groups -OCH3 is 2. The molecule has 144 valence electrons. The highest BCUT2D eigenvalue weighted by molar-refractivity contribution is 8.00. The molecule has 1 atom stereocenters. The summed E-state index contributed by atoms with van der Waals surface area (Å²) in [5.41, 5.74) is 2.37. The Hall–Kier alpha value is -2.14. The van der Waals surface area contributed by atoms with Crippen LogP contribution in [0.4, 0.5) is 0 Å². The van der Waals surface area contributed by atoms with Gasteiger partial charge in [-0.25, -0.2) is 0 Å². The van der Waals surface area contributed by atoms with Crippen LogP contribution in [-0.4, -0.2) is 36.8 Å². The first kappa shape index (κ1) is 19.6. The zero-order valence-corrected chi connectivity index (χ0v) is 17.2. The lowest BCUT2D eigenvalue weighted by molar-refractivity contribution is -0.132. The van der Waals surface area contributed by atoms with Crippen LogP contribution in [0.2, 0.25) is 0 Å². The average molecular weight is 386 g/mol. The highest BCUT2D eigenvalue weighted by Gasteiger charge is 2.30. The Bertz CT molecular complexity index is 792. The van der Waals surface area contributed by atoms with Crippen molar-refractivity contribution in [3.63, 3.8) is 0 Å². The number of benzene rings is 2. The third-order valence-corrected chi connectivity index (χ3v) is 6.43. The van der Waals surface area contributed by atoms with Gasteiger partial charge in [0.15, 0.2) is 11.5 Å². The summed E-state index contributed by atoms with van der Waals surface area (Å²) in [6.07, 6.45) is 0.836. The first-order valence-corrected chi connectivity index (χ1v) is 10.2. The van der Waals surface area contributed by atoms with Gasteiger partial charge >= 0.3 is 0 Å². The van der Waals surface area contributed by atoms with E-state index in [0.29, 0.717) is 12.3 Å². The molecule has 1 unspecified atom stereocenters. The van der Waals surface area contributed by atoms with Gasteiger partial charge < -0.3 is 14.4 Å². The highest BCUT2D eigenvalue weighted by Crippen LogP contribution is 2.35. The quantitative estimate of drug-likeness (QED) is 0.691. The molecule has 2 aromatic carbocycles. The molecule has 0 radical (unpaired) electrons. The number of ether oxygens (including phenoxy) is 2. The molecule has 1 heterocycles. The largest absolute Gasteiger partial charge is 0.493 e. The zero-order valence-electron chi connectivity index (χ0n) is 16.4. The van der Waals surface area contributed by atoms with Gasteiger partial charge in [0.1, 0.15) is 0 Å². The van der Waals surface area contributed by atoms with Gasteiger partial charge in [-0.05, 0) is 47.7 Å². The molecule has 2 aromatic rings. The summed E-state index contributed by atoms with van der Waals surface area (Å²) in [5.74, 6) is 1.93. The lowest BCUT2D eigenvalue weighted by Crippen LogP contribution is -2.42. The lowest BCUT2D eigenvalue weighted by atomic mass is 9.98. The highest BCUT2D eigenvalue weighted by atomic mass is 32.2. The minimum Gasteiger partial charge on any atom is -0.493 e. The fourth-order valence-corrected chi connectivity index (χ4v) is 4.50. The molecule has 3 rings (SSSR count). The van der Waals surface area contributed by atoms with Crippen molar-refractivity contribution in [3.05, 3.63) is 53.6 Å². The Labute approximate surface area is 165 Å². The van der Waals surface area contributed by atoms with Crippen molar-refractivity contribution in [2.75, 3.05) is 20.8 Å². The minimum atomic E-state index is -0.0888. The maximum Gasteiger partial charge on any atom is 0.236 e. The zero-order chi connectivity index (χ0) is 19.4. The lowest BCUT2D eigenvalue weighted by Gasteiger charge is -2.33. The van der Waals surface area contributed by atoms with Gasteiger partial charge in [-0.3, -0.25) is 4.79 Å². The fraction of sp³-hybridized carbons (Fsp3) is 0.409. The van der Waals surface area contributed by atoms with Crippen molar-refractivity contribution < 1.29 is 14.3 Å². The molecule has 1 amide bonds. The van der Waals surface area contributed by atoms with Crippen LogP contribution in [0.15, 0.2) is 47.4 Å². The van der Waals surface area contributed by atoms with E-state index in [0.717, 1.165) is 29.2 Å². The van der Waals surface area contributed by atoms with E-state index in [-0.39, 0.29) is 17.1 Å². The van der Waals surface area contributed by atoms with Crippen LogP contribution in [0, 0.1) is 5.92 Å². The summed E-state index contributed by atoms with van der Waals surface area (Å²) in [6.45, 7) is 5.58. The van der Waals surface area contributed by atoms with Crippen LogP contribution in [0.5, 0.6) is 11.5 Å². The smallest absolute Gasteiger partial charge is 0.236 e. The number of amides is 1. The number of thioether (sulfide) groups is 1. The number of hydrogen-bond acceptors (Lipinski definition) is 4. The second-order valence-corrected chi connectivity index (χ2v) is 8.30. The van der Waals surface area contributed by atoms with Gasteiger partial charge in [-0.2, -0.15) is 0 Å². The molecule has 1 aliphatic heterocycles. The SMILES string of the molecule is COc1cc2c(cc1OC)CN(C(=O)C(Sc1ccccc1)C(C)C)CC2. The molecule has 0 spiro atoms. The van der Waals surface area contributed by atoms with Crippen LogP contribution >= 0.6 is 11.8 Å². The summed E-state index contributed by atoms with van der Waals surface area (Å²) in [7, 11) is 3.29. The second-order valence-electron chi connectivity index (χ2n) is 7.08. The molecule has 27 heavy (non-hydrogen) atoms. The van der Waals surface area contributed by atoms with Gasteiger partial charge in [0.25, 0.3) is 0 Å². The third kappa shape index (κ3) is 4.41. The van der Waals surface area contributed by atoms with Crippen LogP contribution in [0.3, 0.4) is 0 Å². The monoisotopic (exact) mass is 385 g/mol. The van der Waals surface area contributed by atoms with Gasteiger partial charge in [0, 0.05) is 18.0 Å². The maximum absolute atomic E-state index is 13.3. The van der Waals surface area contributed by atoms with Gasteiger partial charge in [0.05, 0.1) is 19.5 Å². The molecular weight excluding hydrogens is 358 g/mol. The number of rotatable bonds is 6. The van der Waals surface area contributed by atoms with E-state index in [2.05, 4.69) is 26.0 Å². The molecular formula is C22H27NO3S. The fourth-order valence-electron chi connectivity index (χ4n) is 3.37. The Morgan fingerprint density at radius 2 is 1.67 bits per heavy atom. The number of carbonyl (C=O) groups excluding carboxylic acids is 1. The first-order chi connectivity index (χ1) is 13.0. The van der Waals surface area contributed by atoms with Gasteiger partial charge in [-0.1, -0.05) is 32.0 Å². The predicted octanol–water partition coefficient (Wildman–Crippen LogP) is 4.41. The van der Waals surface area contributed by atoms with Crippen LogP contribution in [0.1, 0.15) is 25.0 Å². The Morgan fingerprint density at radius 3 is 2.26 bits per heavy atom. The van der Waals surface area contributed by atoms with Crippen LogP contribution in [0.25, 0.3) is 0 Å². The van der Waals surface area contributed by atoms with Crippen molar-refractivity contribution >= 4 is 17.7 Å². The minimum absolute atomic E-state index is 0.0888. The molecule has 0 aromatic heterocycles. The van der Waals surface area contributed by atoms with E-state index in [4.69, 9.17) is 9.47 Å². The topological polar surface area (TPSA) is 38.8 Å². The molecule has 0 aliphatic carbocycles. The summed E-state index contributed by atoms with van der Waals surface area (Å²) in [4.78, 5) is 16.4. The summed E-state index contributed by atoms with van der Waals surface area (Å²) in [6, 6.07) is 14.2. The number of hydrogen-bond donors (Lipinski definition) is 0. The molecule has 0 saturated carbocycles. The molecule has 0 saturated heterocycles. The van der Waals surface area contributed by atoms with Crippen molar-refractivity contribution in [3.8, 4) is 11.5 Å². The van der Waals surface area contributed by atoms with E-state index in [1.54, 1.807) is 26.0 Å². The van der Waals surface area contributed by atoms with Gasteiger partial charge in [0.2, 0.25) is 5.91 Å². The molecule has 0 fully saturated rings.